The Bertz CT molecular complexity index is 446. The Balaban J connectivity index is 3.12. The van der Waals surface area contributed by atoms with Crippen LogP contribution in [0.2, 0.25) is 0 Å². The Hall–Kier alpha value is -1.01. The summed E-state index contributed by atoms with van der Waals surface area (Å²) in [5.74, 6) is 0.350. The number of ether oxygens (including phenoxy) is 2. The van der Waals surface area contributed by atoms with E-state index in [-0.39, 0.29) is 5.75 Å². The minimum atomic E-state index is -3.63. The van der Waals surface area contributed by atoms with Crippen LogP contribution in [0.15, 0.2) is 12.3 Å². The molecule has 7 heteroatoms. The normalized spacial score (nSPS) is 11.1. The van der Waals surface area contributed by atoms with Crippen LogP contribution in [0, 0.1) is 0 Å². The first kappa shape index (κ1) is 12.1. The number of nitrogens with zero attached hydrogens (tertiary/aromatic N) is 1. The van der Waals surface area contributed by atoms with Crippen LogP contribution in [-0.4, -0.2) is 27.6 Å². The molecular formula is C8H10ClNO4S. The lowest BCUT2D eigenvalue weighted by Crippen LogP contribution is -2.00. The van der Waals surface area contributed by atoms with Crippen LogP contribution in [0.25, 0.3) is 0 Å². The molecule has 0 aromatic carbocycles. The predicted octanol–water partition coefficient (Wildman–Crippen LogP) is 1.17. The minimum absolute atomic E-state index is 0.311. The van der Waals surface area contributed by atoms with Crippen LogP contribution < -0.4 is 9.47 Å². The molecule has 0 saturated heterocycles. The molecule has 1 rings (SSSR count). The molecule has 15 heavy (non-hydrogen) atoms. The van der Waals surface area contributed by atoms with Crippen molar-refractivity contribution >= 4 is 19.7 Å². The summed E-state index contributed by atoms with van der Waals surface area (Å²) in [5, 5.41) is 0. The van der Waals surface area contributed by atoms with Crippen LogP contribution in [0.1, 0.15) is 5.56 Å². The Morgan fingerprint density at radius 2 is 2.07 bits per heavy atom. The fraction of sp³-hybridized carbons (Fsp3) is 0.375. The van der Waals surface area contributed by atoms with E-state index >= 15 is 0 Å². The summed E-state index contributed by atoms with van der Waals surface area (Å²) in [5.41, 5.74) is 0.416. The number of methoxy groups -OCH3 is 2. The Morgan fingerprint density at radius 3 is 2.53 bits per heavy atom. The van der Waals surface area contributed by atoms with Crippen molar-refractivity contribution in [3.05, 3.63) is 17.8 Å². The number of rotatable bonds is 4. The molecular weight excluding hydrogens is 242 g/mol. The van der Waals surface area contributed by atoms with Gasteiger partial charge in [-0.05, 0) is 0 Å². The highest BCUT2D eigenvalue weighted by Gasteiger charge is 2.13. The van der Waals surface area contributed by atoms with Crippen molar-refractivity contribution in [1.82, 2.24) is 4.98 Å². The molecule has 0 N–H and O–H groups in total. The molecule has 0 unspecified atom stereocenters. The standard InChI is InChI=1S/C8H10ClNO4S/c1-13-7-4-10-8(14-2)3-6(7)5-15(9,11)12/h3-4H,5H2,1-2H3. The van der Waals surface area contributed by atoms with Gasteiger partial charge < -0.3 is 9.47 Å². The molecule has 1 heterocycles. The highest BCUT2D eigenvalue weighted by Crippen LogP contribution is 2.24. The number of hydrogen-bond donors (Lipinski definition) is 0. The molecule has 0 saturated carbocycles. The van der Waals surface area contributed by atoms with Gasteiger partial charge in [0.1, 0.15) is 5.75 Å². The van der Waals surface area contributed by atoms with E-state index in [1.54, 1.807) is 0 Å². The molecule has 84 valence electrons. The minimum Gasteiger partial charge on any atom is -0.495 e. The van der Waals surface area contributed by atoms with Gasteiger partial charge in [0, 0.05) is 22.3 Å². The zero-order valence-electron chi connectivity index (χ0n) is 8.23. The summed E-state index contributed by atoms with van der Waals surface area (Å²) in [7, 11) is 4.38. The lowest BCUT2D eigenvalue weighted by molar-refractivity contribution is 0.385. The average molecular weight is 252 g/mol. The average Bonchev–Trinajstić information content (AvgIpc) is 2.15. The number of pyridine rings is 1. The van der Waals surface area contributed by atoms with Gasteiger partial charge in [-0.3, -0.25) is 0 Å². The summed E-state index contributed by atoms with van der Waals surface area (Å²) >= 11 is 0. The third kappa shape index (κ3) is 3.56. The lowest BCUT2D eigenvalue weighted by atomic mass is 10.3. The molecule has 0 fully saturated rings. The molecule has 0 spiro atoms. The second-order valence-electron chi connectivity index (χ2n) is 2.72. The van der Waals surface area contributed by atoms with E-state index in [0.717, 1.165) is 0 Å². The van der Waals surface area contributed by atoms with Crippen molar-refractivity contribution in [1.29, 1.82) is 0 Å². The molecule has 1 aromatic heterocycles. The van der Waals surface area contributed by atoms with Crippen molar-refractivity contribution in [2.75, 3.05) is 14.2 Å². The molecule has 1 aromatic rings. The van der Waals surface area contributed by atoms with Gasteiger partial charge in [-0.1, -0.05) is 0 Å². The predicted molar refractivity (Wildman–Crippen MR) is 55.8 cm³/mol. The summed E-state index contributed by atoms with van der Waals surface area (Å²) in [6.07, 6.45) is 1.39. The summed E-state index contributed by atoms with van der Waals surface area (Å²) in [6.45, 7) is 0. The van der Waals surface area contributed by atoms with Crippen LogP contribution in [0.4, 0.5) is 0 Å². The molecule has 0 atom stereocenters. The first-order chi connectivity index (χ1) is 6.96. The number of aromatic nitrogens is 1. The zero-order valence-corrected chi connectivity index (χ0v) is 9.80. The monoisotopic (exact) mass is 251 g/mol. The van der Waals surface area contributed by atoms with E-state index in [4.69, 9.17) is 20.2 Å². The molecule has 0 amide bonds. The maximum atomic E-state index is 10.9. The summed E-state index contributed by atoms with van der Waals surface area (Å²) in [6, 6.07) is 1.47. The summed E-state index contributed by atoms with van der Waals surface area (Å²) < 4.78 is 31.6. The van der Waals surface area contributed by atoms with Crippen LogP contribution >= 0.6 is 10.7 Å². The van der Waals surface area contributed by atoms with Gasteiger partial charge in [-0.15, -0.1) is 0 Å². The third-order valence-electron chi connectivity index (χ3n) is 1.68. The maximum Gasteiger partial charge on any atom is 0.236 e. The van der Waals surface area contributed by atoms with Crippen molar-refractivity contribution in [2.24, 2.45) is 0 Å². The Morgan fingerprint density at radius 1 is 1.40 bits per heavy atom. The van der Waals surface area contributed by atoms with Crippen LogP contribution in [-0.2, 0) is 14.8 Å². The second-order valence-corrected chi connectivity index (χ2v) is 5.50. The first-order valence-electron chi connectivity index (χ1n) is 3.95. The van der Waals surface area contributed by atoms with Gasteiger partial charge in [0.2, 0.25) is 14.9 Å². The zero-order chi connectivity index (χ0) is 11.5. The van der Waals surface area contributed by atoms with Crippen molar-refractivity contribution in [3.63, 3.8) is 0 Å². The van der Waals surface area contributed by atoms with E-state index in [1.807, 2.05) is 0 Å². The van der Waals surface area contributed by atoms with Crippen molar-refractivity contribution in [3.8, 4) is 11.6 Å². The van der Waals surface area contributed by atoms with Crippen LogP contribution in [0.5, 0.6) is 11.6 Å². The summed E-state index contributed by atoms with van der Waals surface area (Å²) in [4.78, 5) is 3.87. The molecule has 0 bridgehead atoms. The Labute approximate surface area is 92.4 Å². The molecule has 5 nitrogen and oxygen atoms in total. The molecule has 0 aliphatic carbocycles. The largest absolute Gasteiger partial charge is 0.495 e. The van der Waals surface area contributed by atoms with E-state index in [1.165, 1.54) is 26.5 Å². The SMILES string of the molecule is COc1cc(CS(=O)(=O)Cl)c(OC)cn1. The van der Waals surface area contributed by atoms with Gasteiger partial charge in [0.25, 0.3) is 0 Å². The highest BCUT2D eigenvalue weighted by molar-refractivity contribution is 8.13. The number of hydrogen-bond acceptors (Lipinski definition) is 5. The lowest BCUT2D eigenvalue weighted by Gasteiger charge is -2.07. The first-order valence-corrected chi connectivity index (χ1v) is 6.43. The fourth-order valence-electron chi connectivity index (χ4n) is 1.06. The van der Waals surface area contributed by atoms with Gasteiger partial charge in [-0.2, -0.15) is 0 Å². The van der Waals surface area contributed by atoms with Crippen molar-refractivity contribution in [2.45, 2.75) is 5.75 Å². The Kier molecular flexibility index (Phi) is 3.76. The van der Waals surface area contributed by atoms with Crippen molar-refractivity contribution < 1.29 is 17.9 Å². The maximum absolute atomic E-state index is 10.9. The van der Waals surface area contributed by atoms with E-state index in [2.05, 4.69) is 4.98 Å². The molecule has 0 aliphatic rings. The molecule has 0 radical (unpaired) electrons. The van der Waals surface area contributed by atoms with E-state index in [0.29, 0.717) is 17.2 Å². The molecule has 0 aliphatic heterocycles. The second kappa shape index (κ2) is 4.67. The quantitative estimate of drug-likeness (QED) is 0.752. The van der Waals surface area contributed by atoms with Gasteiger partial charge in [0.15, 0.2) is 0 Å². The van der Waals surface area contributed by atoms with E-state index < -0.39 is 9.05 Å². The topological polar surface area (TPSA) is 65.5 Å². The highest BCUT2D eigenvalue weighted by atomic mass is 35.7. The van der Waals surface area contributed by atoms with Gasteiger partial charge in [-0.25, -0.2) is 13.4 Å². The number of halogens is 1. The van der Waals surface area contributed by atoms with E-state index in [9.17, 15) is 8.42 Å². The van der Waals surface area contributed by atoms with Gasteiger partial charge in [0.05, 0.1) is 26.2 Å². The smallest absolute Gasteiger partial charge is 0.236 e. The third-order valence-corrected chi connectivity index (χ3v) is 2.66. The van der Waals surface area contributed by atoms with Crippen LogP contribution in [0.3, 0.4) is 0 Å². The fourth-order valence-corrected chi connectivity index (χ4v) is 2.01. The van der Waals surface area contributed by atoms with Gasteiger partial charge >= 0.3 is 0 Å².